The number of carbonyl (C=O) groups is 2. The number of nitrogens with one attached hydrogen (secondary N) is 2. The molecule has 0 aromatic heterocycles. The summed E-state index contributed by atoms with van der Waals surface area (Å²) < 4.78 is 12.8. The topological polar surface area (TPSA) is 73.8 Å². The van der Waals surface area contributed by atoms with Crippen LogP contribution >= 0.6 is 0 Å². The number of imide groups is 1. The van der Waals surface area contributed by atoms with Gasteiger partial charge in [-0.1, -0.05) is 12.1 Å². The number of hydrogen-bond donors (Lipinski definition) is 2. The van der Waals surface area contributed by atoms with Crippen LogP contribution in [0, 0.1) is 5.82 Å². The molecule has 0 atom stereocenters. The number of guanidine groups is 1. The van der Waals surface area contributed by atoms with Gasteiger partial charge in [-0.25, -0.2) is 4.39 Å². The lowest BCUT2D eigenvalue weighted by atomic mass is 10.1. The highest BCUT2D eigenvalue weighted by Crippen LogP contribution is 2.11. The van der Waals surface area contributed by atoms with Crippen LogP contribution < -0.4 is 10.6 Å². The third-order valence-corrected chi connectivity index (χ3v) is 3.61. The molecular formula is C16H21FN4O2. The zero-order chi connectivity index (χ0) is 16.7. The van der Waals surface area contributed by atoms with Gasteiger partial charge in [0.1, 0.15) is 5.82 Å². The Hall–Kier alpha value is -2.44. The molecule has 0 radical (unpaired) electrons. The summed E-state index contributed by atoms with van der Waals surface area (Å²) in [5.74, 6) is 0.0629. The van der Waals surface area contributed by atoms with E-state index in [4.69, 9.17) is 0 Å². The maximum Gasteiger partial charge on any atom is 0.229 e. The van der Waals surface area contributed by atoms with Gasteiger partial charge in [-0.2, -0.15) is 0 Å². The third kappa shape index (κ3) is 5.05. The zero-order valence-corrected chi connectivity index (χ0v) is 13.1. The average molecular weight is 320 g/mol. The van der Waals surface area contributed by atoms with Crippen LogP contribution in [0.5, 0.6) is 0 Å². The number of halogens is 1. The van der Waals surface area contributed by atoms with E-state index in [0.717, 1.165) is 5.56 Å². The Labute approximate surface area is 134 Å². The van der Waals surface area contributed by atoms with Crippen LogP contribution in [0.4, 0.5) is 4.39 Å². The van der Waals surface area contributed by atoms with Crippen LogP contribution in [0.15, 0.2) is 29.3 Å². The molecule has 1 aromatic rings. The van der Waals surface area contributed by atoms with Crippen molar-refractivity contribution in [3.63, 3.8) is 0 Å². The van der Waals surface area contributed by atoms with E-state index in [1.165, 1.54) is 17.0 Å². The molecule has 0 unspecified atom stereocenters. The highest BCUT2D eigenvalue weighted by atomic mass is 19.1. The van der Waals surface area contributed by atoms with Crippen molar-refractivity contribution >= 4 is 17.8 Å². The summed E-state index contributed by atoms with van der Waals surface area (Å²) in [5.41, 5.74) is 0.927. The van der Waals surface area contributed by atoms with E-state index in [0.29, 0.717) is 44.9 Å². The second-order valence-corrected chi connectivity index (χ2v) is 5.27. The SMILES string of the molecule is CN=C(NCCN1C(=O)CCCC1=O)NCc1ccc(F)cc1. The van der Waals surface area contributed by atoms with Gasteiger partial charge in [0.05, 0.1) is 0 Å². The molecule has 1 heterocycles. The van der Waals surface area contributed by atoms with E-state index < -0.39 is 0 Å². The number of benzene rings is 1. The number of hydrogen-bond acceptors (Lipinski definition) is 3. The summed E-state index contributed by atoms with van der Waals surface area (Å²) >= 11 is 0. The zero-order valence-electron chi connectivity index (χ0n) is 13.1. The fourth-order valence-electron chi connectivity index (χ4n) is 2.34. The number of carbonyl (C=O) groups excluding carboxylic acids is 2. The standard InChI is InChI=1S/C16H21FN4O2/c1-18-16(20-11-12-5-7-13(17)8-6-12)19-9-10-21-14(22)3-2-4-15(21)23/h5-8H,2-4,9-11H2,1H3,(H2,18,19,20). The smallest absolute Gasteiger partial charge is 0.229 e. The summed E-state index contributed by atoms with van der Waals surface area (Å²) in [6, 6.07) is 6.20. The number of nitrogens with zero attached hydrogens (tertiary/aromatic N) is 2. The molecule has 2 rings (SSSR count). The lowest BCUT2D eigenvalue weighted by molar-refractivity contribution is -0.147. The molecule has 1 aromatic carbocycles. The normalized spacial score (nSPS) is 15.7. The van der Waals surface area contributed by atoms with E-state index in [2.05, 4.69) is 15.6 Å². The van der Waals surface area contributed by atoms with E-state index in [-0.39, 0.29) is 17.6 Å². The second kappa shape index (κ2) is 8.26. The Morgan fingerprint density at radius 2 is 1.83 bits per heavy atom. The van der Waals surface area contributed by atoms with E-state index in [1.54, 1.807) is 19.2 Å². The molecule has 23 heavy (non-hydrogen) atoms. The van der Waals surface area contributed by atoms with Gasteiger partial charge in [-0.05, 0) is 24.1 Å². The Bertz CT molecular complexity index is 570. The van der Waals surface area contributed by atoms with Crippen LogP contribution in [0.1, 0.15) is 24.8 Å². The number of piperidine rings is 1. The third-order valence-electron chi connectivity index (χ3n) is 3.61. The van der Waals surface area contributed by atoms with Crippen molar-refractivity contribution in [2.24, 2.45) is 4.99 Å². The van der Waals surface area contributed by atoms with Crippen molar-refractivity contribution < 1.29 is 14.0 Å². The summed E-state index contributed by atoms with van der Waals surface area (Å²) in [4.78, 5) is 28.7. The quantitative estimate of drug-likeness (QED) is 0.483. The van der Waals surface area contributed by atoms with Crippen molar-refractivity contribution in [2.75, 3.05) is 20.1 Å². The lowest BCUT2D eigenvalue weighted by Gasteiger charge is -2.25. The Morgan fingerprint density at radius 1 is 1.17 bits per heavy atom. The number of likely N-dealkylation sites (tertiary alicyclic amines) is 1. The summed E-state index contributed by atoms with van der Waals surface area (Å²) in [6.07, 6.45) is 1.51. The second-order valence-electron chi connectivity index (χ2n) is 5.27. The van der Waals surface area contributed by atoms with Crippen LogP contribution in [0.25, 0.3) is 0 Å². The van der Waals surface area contributed by atoms with Gasteiger partial charge in [0, 0.05) is 39.5 Å². The molecule has 0 spiro atoms. The summed E-state index contributed by atoms with van der Waals surface area (Å²) in [7, 11) is 1.64. The molecule has 2 amide bonds. The van der Waals surface area contributed by atoms with Gasteiger partial charge in [0.15, 0.2) is 5.96 Å². The summed E-state index contributed by atoms with van der Waals surface area (Å²) in [6.45, 7) is 1.26. The highest BCUT2D eigenvalue weighted by molar-refractivity contribution is 5.97. The van der Waals surface area contributed by atoms with Crippen LogP contribution in [-0.2, 0) is 16.1 Å². The van der Waals surface area contributed by atoms with Gasteiger partial charge in [-0.15, -0.1) is 0 Å². The highest BCUT2D eigenvalue weighted by Gasteiger charge is 2.25. The maximum atomic E-state index is 12.8. The average Bonchev–Trinajstić information content (AvgIpc) is 2.54. The van der Waals surface area contributed by atoms with Gasteiger partial charge in [0.25, 0.3) is 0 Å². The number of aliphatic imine (C=N–C) groups is 1. The molecule has 6 nitrogen and oxygen atoms in total. The summed E-state index contributed by atoms with van der Waals surface area (Å²) in [5, 5.41) is 6.15. The fourth-order valence-corrected chi connectivity index (χ4v) is 2.34. The minimum absolute atomic E-state index is 0.114. The first-order valence-corrected chi connectivity index (χ1v) is 7.62. The largest absolute Gasteiger partial charge is 0.355 e. The van der Waals surface area contributed by atoms with Crippen molar-refractivity contribution in [3.05, 3.63) is 35.6 Å². The molecule has 124 valence electrons. The van der Waals surface area contributed by atoms with Gasteiger partial charge < -0.3 is 10.6 Å². The predicted molar refractivity (Wildman–Crippen MR) is 85.2 cm³/mol. The Morgan fingerprint density at radius 3 is 2.43 bits per heavy atom. The molecule has 1 aliphatic heterocycles. The monoisotopic (exact) mass is 320 g/mol. The van der Waals surface area contributed by atoms with Crippen molar-refractivity contribution in [2.45, 2.75) is 25.8 Å². The minimum Gasteiger partial charge on any atom is -0.355 e. The first-order valence-electron chi connectivity index (χ1n) is 7.62. The van der Waals surface area contributed by atoms with Crippen molar-refractivity contribution in [3.8, 4) is 0 Å². The van der Waals surface area contributed by atoms with Crippen molar-refractivity contribution in [1.82, 2.24) is 15.5 Å². The Kier molecular flexibility index (Phi) is 6.08. The van der Waals surface area contributed by atoms with E-state index in [9.17, 15) is 14.0 Å². The molecule has 2 N–H and O–H groups in total. The number of rotatable bonds is 5. The van der Waals surface area contributed by atoms with Gasteiger partial charge in [0.2, 0.25) is 11.8 Å². The van der Waals surface area contributed by atoms with Gasteiger partial charge in [-0.3, -0.25) is 19.5 Å². The molecule has 7 heteroatoms. The maximum absolute atomic E-state index is 12.8. The van der Waals surface area contributed by atoms with Crippen LogP contribution in [0.2, 0.25) is 0 Å². The molecule has 0 aliphatic carbocycles. The molecule has 1 aliphatic rings. The van der Waals surface area contributed by atoms with Crippen LogP contribution in [-0.4, -0.2) is 42.8 Å². The van der Waals surface area contributed by atoms with Crippen molar-refractivity contribution in [1.29, 1.82) is 0 Å². The number of amides is 2. The molecular weight excluding hydrogens is 299 g/mol. The van der Waals surface area contributed by atoms with E-state index >= 15 is 0 Å². The van der Waals surface area contributed by atoms with Gasteiger partial charge >= 0.3 is 0 Å². The fraction of sp³-hybridized carbons (Fsp3) is 0.438. The minimum atomic E-state index is -0.271. The molecule has 1 fully saturated rings. The lowest BCUT2D eigenvalue weighted by Crippen LogP contribution is -2.46. The molecule has 1 saturated heterocycles. The first-order chi connectivity index (χ1) is 11.1. The molecule has 0 bridgehead atoms. The first kappa shape index (κ1) is 16.9. The van der Waals surface area contributed by atoms with Crippen LogP contribution in [0.3, 0.4) is 0 Å². The predicted octanol–water partition coefficient (Wildman–Crippen LogP) is 1.03. The Balaban J connectivity index is 1.75. The van der Waals surface area contributed by atoms with E-state index in [1.807, 2.05) is 0 Å². The molecule has 0 saturated carbocycles.